The average Bonchev–Trinajstić information content (AvgIpc) is 2.84. The molecule has 2 aromatic rings. The Bertz CT molecular complexity index is 537. The van der Waals surface area contributed by atoms with Gasteiger partial charge in [0.15, 0.2) is 0 Å². The van der Waals surface area contributed by atoms with Crippen LogP contribution in [0.3, 0.4) is 0 Å². The van der Waals surface area contributed by atoms with E-state index < -0.39 is 0 Å². The molecular formula is C14H14ClNOS. The molecule has 0 atom stereocenters. The second kappa shape index (κ2) is 6.03. The highest BCUT2D eigenvalue weighted by Crippen LogP contribution is 2.20. The highest BCUT2D eigenvalue weighted by Gasteiger charge is 2.06. The minimum Gasteiger partial charge on any atom is -0.326 e. The van der Waals surface area contributed by atoms with Gasteiger partial charge in [-0.15, -0.1) is 11.3 Å². The predicted octanol–water partition coefficient (Wildman–Crippen LogP) is 4.28. The van der Waals surface area contributed by atoms with E-state index in [2.05, 4.69) is 5.32 Å². The van der Waals surface area contributed by atoms with E-state index in [0.29, 0.717) is 11.4 Å². The molecule has 0 saturated carbocycles. The molecule has 1 heterocycles. The number of benzene rings is 1. The Labute approximate surface area is 116 Å². The van der Waals surface area contributed by atoms with Crippen LogP contribution in [0, 0.1) is 6.92 Å². The van der Waals surface area contributed by atoms with Gasteiger partial charge in [-0.2, -0.15) is 0 Å². The smallest absolute Gasteiger partial charge is 0.224 e. The second-order valence-electron chi connectivity index (χ2n) is 4.09. The van der Waals surface area contributed by atoms with E-state index in [9.17, 15) is 4.79 Å². The molecule has 2 nitrogen and oxygen atoms in total. The molecule has 0 spiro atoms. The maximum atomic E-state index is 11.8. The first-order chi connectivity index (χ1) is 8.65. The van der Waals surface area contributed by atoms with Crippen molar-refractivity contribution in [2.24, 2.45) is 0 Å². The third-order valence-corrected chi connectivity index (χ3v) is 3.82. The number of anilines is 1. The average molecular weight is 280 g/mol. The van der Waals surface area contributed by atoms with Gasteiger partial charge in [0.2, 0.25) is 5.91 Å². The van der Waals surface area contributed by atoms with Crippen molar-refractivity contribution in [3.63, 3.8) is 0 Å². The normalized spacial score (nSPS) is 10.3. The molecule has 0 radical (unpaired) electrons. The first-order valence-corrected chi connectivity index (χ1v) is 6.99. The number of aryl methyl sites for hydroxylation is 2. The molecule has 1 amide bonds. The summed E-state index contributed by atoms with van der Waals surface area (Å²) in [4.78, 5) is 13.1. The van der Waals surface area contributed by atoms with Crippen molar-refractivity contribution in [2.45, 2.75) is 19.8 Å². The van der Waals surface area contributed by atoms with Crippen LogP contribution in [-0.4, -0.2) is 5.91 Å². The number of rotatable bonds is 4. The van der Waals surface area contributed by atoms with Crippen LogP contribution in [-0.2, 0) is 11.2 Å². The van der Waals surface area contributed by atoms with Gasteiger partial charge in [0.25, 0.3) is 0 Å². The third kappa shape index (κ3) is 3.59. The Morgan fingerprint density at radius 2 is 2.22 bits per heavy atom. The van der Waals surface area contributed by atoms with E-state index in [1.807, 2.05) is 36.6 Å². The minimum atomic E-state index is 0.0220. The van der Waals surface area contributed by atoms with Gasteiger partial charge in [-0.3, -0.25) is 4.79 Å². The van der Waals surface area contributed by atoms with Gasteiger partial charge < -0.3 is 5.32 Å². The molecule has 1 aromatic heterocycles. The molecule has 0 aliphatic rings. The molecule has 2 rings (SSSR count). The van der Waals surface area contributed by atoms with Crippen LogP contribution < -0.4 is 5.32 Å². The van der Waals surface area contributed by atoms with Crippen LogP contribution >= 0.6 is 22.9 Å². The molecule has 0 unspecified atom stereocenters. The molecular weight excluding hydrogens is 266 g/mol. The summed E-state index contributed by atoms with van der Waals surface area (Å²) < 4.78 is 0. The molecule has 0 aliphatic heterocycles. The van der Waals surface area contributed by atoms with Crippen molar-refractivity contribution in [1.29, 1.82) is 0 Å². The predicted molar refractivity (Wildman–Crippen MR) is 77.5 cm³/mol. The Morgan fingerprint density at radius 1 is 1.39 bits per heavy atom. The fourth-order valence-electron chi connectivity index (χ4n) is 1.63. The van der Waals surface area contributed by atoms with Crippen molar-refractivity contribution in [3.05, 3.63) is 51.2 Å². The molecule has 4 heteroatoms. The number of halogens is 1. The van der Waals surface area contributed by atoms with Crippen LogP contribution in [0.5, 0.6) is 0 Å². The fraction of sp³-hybridized carbons (Fsp3) is 0.214. The summed E-state index contributed by atoms with van der Waals surface area (Å²) >= 11 is 7.58. The van der Waals surface area contributed by atoms with Gasteiger partial charge in [-0.05, 0) is 42.5 Å². The van der Waals surface area contributed by atoms with Crippen LogP contribution in [0.2, 0.25) is 5.02 Å². The lowest BCUT2D eigenvalue weighted by atomic mass is 10.2. The highest BCUT2D eigenvalue weighted by molar-refractivity contribution is 7.09. The van der Waals surface area contributed by atoms with E-state index in [1.54, 1.807) is 17.4 Å². The molecule has 0 fully saturated rings. The third-order valence-electron chi connectivity index (χ3n) is 2.65. The largest absolute Gasteiger partial charge is 0.326 e. The fourth-order valence-corrected chi connectivity index (χ4v) is 2.51. The monoisotopic (exact) mass is 279 g/mol. The van der Waals surface area contributed by atoms with Gasteiger partial charge in [-0.1, -0.05) is 23.7 Å². The summed E-state index contributed by atoms with van der Waals surface area (Å²) in [5, 5.41) is 5.55. The Morgan fingerprint density at radius 3 is 2.94 bits per heavy atom. The van der Waals surface area contributed by atoms with Crippen LogP contribution in [0.15, 0.2) is 35.7 Å². The van der Waals surface area contributed by atoms with E-state index in [-0.39, 0.29) is 5.91 Å². The SMILES string of the molecule is Cc1ccc(Cl)cc1NC(=O)CCc1cccs1. The number of carbonyl (C=O) groups is 1. The number of hydrogen-bond donors (Lipinski definition) is 1. The summed E-state index contributed by atoms with van der Waals surface area (Å²) in [6.45, 7) is 1.95. The van der Waals surface area contributed by atoms with E-state index >= 15 is 0 Å². The van der Waals surface area contributed by atoms with E-state index in [0.717, 1.165) is 17.7 Å². The Hall–Kier alpha value is -1.32. The van der Waals surface area contributed by atoms with Crippen molar-refractivity contribution >= 4 is 34.5 Å². The topological polar surface area (TPSA) is 29.1 Å². The lowest BCUT2D eigenvalue weighted by Gasteiger charge is -2.08. The number of hydrogen-bond acceptors (Lipinski definition) is 2. The van der Waals surface area contributed by atoms with Crippen molar-refractivity contribution < 1.29 is 4.79 Å². The summed E-state index contributed by atoms with van der Waals surface area (Å²) in [6, 6.07) is 9.54. The molecule has 1 N–H and O–H groups in total. The van der Waals surface area contributed by atoms with Crippen LogP contribution in [0.25, 0.3) is 0 Å². The lowest BCUT2D eigenvalue weighted by molar-refractivity contribution is -0.116. The summed E-state index contributed by atoms with van der Waals surface area (Å²) in [6.07, 6.45) is 1.27. The molecule has 1 aromatic carbocycles. The second-order valence-corrected chi connectivity index (χ2v) is 5.56. The number of carbonyl (C=O) groups excluding carboxylic acids is 1. The van der Waals surface area contributed by atoms with E-state index in [1.165, 1.54) is 4.88 Å². The first-order valence-electron chi connectivity index (χ1n) is 5.73. The van der Waals surface area contributed by atoms with Gasteiger partial charge in [0.05, 0.1) is 0 Å². The molecule has 18 heavy (non-hydrogen) atoms. The zero-order valence-corrected chi connectivity index (χ0v) is 11.6. The maximum absolute atomic E-state index is 11.8. The van der Waals surface area contributed by atoms with Gasteiger partial charge in [-0.25, -0.2) is 0 Å². The number of thiophene rings is 1. The Balaban J connectivity index is 1.92. The number of amides is 1. The van der Waals surface area contributed by atoms with Crippen molar-refractivity contribution in [1.82, 2.24) is 0 Å². The van der Waals surface area contributed by atoms with Crippen LogP contribution in [0.1, 0.15) is 16.9 Å². The van der Waals surface area contributed by atoms with Crippen molar-refractivity contribution in [2.75, 3.05) is 5.32 Å². The molecule has 0 bridgehead atoms. The zero-order valence-electron chi connectivity index (χ0n) is 10.1. The summed E-state index contributed by atoms with van der Waals surface area (Å²) in [7, 11) is 0. The zero-order chi connectivity index (χ0) is 13.0. The van der Waals surface area contributed by atoms with Gasteiger partial charge in [0, 0.05) is 22.0 Å². The highest BCUT2D eigenvalue weighted by atomic mass is 35.5. The van der Waals surface area contributed by atoms with Crippen molar-refractivity contribution in [3.8, 4) is 0 Å². The minimum absolute atomic E-state index is 0.0220. The summed E-state index contributed by atoms with van der Waals surface area (Å²) in [5.74, 6) is 0.0220. The maximum Gasteiger partial charge on any atom is 0.224 e. The quantitative estimate of drug-likeness (QED) is 0.889. The number of nitrogens with one attached hydrogen (secondary N) is 1. The van der Waals surface area contributed by atoms with Crippen LogP contribution in [0.4, 0.5) is 5.69 Å². The van der Waals surface area contributed by atoms with Gasteiger partial charge in [0.1, 0.15) is 0 Å². The lowest BCUT2D eigenvalue weighted by Crippen LogP contribution is -2.12. The standard InChI is InChI=1S/C14H14ClNOS/c1-10-4-5-11(15)9-13(10)16-14(17)7-6-12-3-2-8-18-12/h2-5,8-9H,6-7H2,1H3,(H,16,17). The van der Waals surface area contributed by atoms with Gasteiger partial charge >= 0.3 is 0 Å². The first kappa shape index (κ1) is 13.1. The summed E-state index contributed by atoms with van der Waals surface area (Å²) in [5.41, 5.74) is 1.81. The van der Waals surface area contributed by atoms with E-state index in [4.69, 9.17) is 11.6 Å². The Kier molecular flexibility index (Phi) is 4.39. The molecule has 0 aliphatic carbocycles. The molecule has 0 saturated heterocycles. The molecule has 94 valence electrons.